The Bertz CT molecular complexity index is 573. The van der Waals surface area contributed by atoms with Crippen LogP contribution in [0.1, 0.15) is 21.5 Å². The Labute approximate surface area is 110 Å². The molecule has 0 saturated heterocycles. The summed E-state index contributed by atoms with van der Waals surface area (Å²) in [5.41, 5.74) is 2.34. The molecule has 2 aromatic rings. The second kappa shape index (κ2) is 5.63. The molecular formula is C15H14FNO2. The number of hydrogen-bond acceptors (Lipinski definition) is 2. The second-order valence-corrected chi connectivity index (χ2v) is 4.33. The van der Waals surface area contributed by atoms with Crippen molar-refractivity contribution >= 4 is 11.6 Å². The van der Waals surface area contributed by atoms with Crippen LogP contribution in [0.4, 0.5) is 10.1 Å². The number of amides is 1. The number of rotatable bonds is 3. The maximum Gasteiger partial charge on any atom is 0.255 e. The summed E-state index contributed by atoms with van der Waals surface area (Å²) in [4.78, 5) is 11.9. The molecule has 2 aromatic carbocycles. The van der Waals surface area contributed by atoms with Crippen LogP contribution in [0.3, 0.4) is 0 Å². The van der Waals surface area contributed by atoms with Crippen LogP contribution in [0.2, 0.25) is 0 Å². The average Bonchev–Trinajstić information content (AvgIpc) is 2.38. The Morgan fingerprint density at radius 3 is 2.47 bits per heavy atom. The van der Waals surface area contributed by atoms with E-state index < -0.39 is 5.82 Å². The number of aliphatic hydroxyl groups excluding tert-OH is 1. The van der Waals surface area contributed by atoms with Gasteiger partial charge < -0.3 is 10.4 Å². The molecule has 0 aromatic heterocycles. The van der Waals surface area contributed by atoms with Crippen LogP contribution in [-0.2, 0) is 6.61 Å². The van der Waals surface area contributed by atoms with E-state index in [-0.39, 0.29) is 18.1 Å². The highest BCUT2D eigenvalue weighted by atomic mass is 19.1. The minimum absolute atomic E-state index is 0.0443. The average molecular weight is 259 g/mol. The van der Waals surface area contributed by atoms with Crippen molar-refractivity contribution in [2.75, 3.05) is 5.32 Å². The molecule has 0 saturated carbocycles. The molecule has 19 heavy (non-hydrogen) atoms. The number of aryl methyl sites for hydroxylation is 1. The summed E-state index contributed by atoms with van der Waals surface area (Å²) in [7, 11) is 0. The molecule has 98 valence electrons. The predicted molar refractivity (Wildman–Crippen MR) is 71.5 cm³/mol. The molecule has 0 heterocycles. The highest BCUT2D eigenvalue weighted by Gasteiger charge is 2.08. The predicted octanol–water partition coefficient (Wildman–Crippen LogP) is 2.88. The molecule has 0 bridgehead atoms. The van der Waals surface area contributed by atoms with Crippen molar-refractivity contribution < 1.29 is 14.3 Å². The summed E-state index contributed by atoms with van der Waals surface area (Å²) in [5.74, 6) is -0.792. The largest absolute Gasteiger partial charge is 0.392 e. The lowest BCUT2D eigenvalue weighted by atomic mass is 10.1. The molecule has 3 nitrogen and oxygen atoms in total. The van der Waals surface area contributed by atoms with Crippen molar-refractivity contribution in [1.29, 1.82) is 0 Å². The van der Waals surface area contributed by atoms with Gasteiger partial charge in [0.05, 0.1) is 6.61 Å². The van der Waals surface area contributed by atoms with E-state index in [2.05, 4.69) is 5.32 Å². The fourth-order valence-electron chi connectivity index (χ4n) is 1.76. The lowest BCUT2D eigenvalue weighted by Gasteiger charge is -2.07. The molecule has 0 aliphatic carbocycles. The Morgan fingerprint density at radius 2 is 1.89 bits per heavy atom. The van der Waals surface area contributed by atoms with Gasteiger partial charge in [-0.3, -0.25) is 4.79 Å². The zero-order chi connectivity index (χ0) is 13.8. The number of carbonyl (C=O) groups excluding carboxylic acids is 1. The SMILES string of the molecule is Cc1cc(F)cc(C(=O)Nc2ccc(CO)cc2)c1. The number of benzene rings is 2. The van der Waals surface area contributed by atoms with Crippen molar-refractivity contribution in [2.45, 2.75) is 13.5 Å². The molecule has 4 heteroatoms. The van der Waals surface area contributed by atoms with E-state index in [9.17, 15) is 9.18 Å². The van der Waals surface area contributed by atoms with Gasteiger partial charge >= 0.3 is 0 Å². The summed E-state index contributed by atoms with van der Waals surface area (Å²) in [6, 6.07) is 11.0. The number of nitrogens with one attached hydrogen (secondary N) is 1. The summed E-state index contributed by atoms with van der Waals surface area (Å²) < 4.78 is 13.2. The number of hydrogen-bond donors (Lipinski definition) is 2. The highest BCUT2D eigenvalue weighted by molar-refractivity contribution is 6.04. The zero-order valence-electron chi connectivity index (χ0n) is 10.5. The number of carbonyl (C=O) groups is 1. The Morgan fingerprint density at radius 1 is 1.21 bits per heavy atom. The van der Waals surface area contributed by atoms with Gasteiger partial charge in [-0.05, 0) is 48.4 Å². The van der Waals surface area contributed by atoms with E-state index in [0.717, 1.165) is 5.56 Å². The number of aliphatic hydroxyl groups is 1. The van der Waals surface area contributed by atoms with Gasteiger partial charge in [0.1, 0.15) is 5.82 Å². The smallest absolute Gasteiger partial charge is 0.255 e. The molecule has 0 unspecified atom stereocenters. The maximum absolute atomic E-state index is 13.2. The van der Waals surface area contributed by atoms with Crippen LogP contribution < -0.4 is 5.32 Å². The summed E-state index contributed by atoms with van der Waals surface area (Å²) in [6.07, 6.45) is 0. The molecule has 0 spiro atoms. The molecule has 2 rings (SSSR count). The van der Waals surface area contributed by atoms with Gasteiger partial charge in [-0.15, -0.1) is 0 Å². The molecule has 2 N–H and O–H groups in total. The fourth-order valence-corrected chi connectivity index (χ4v) is 1.76. The third-order valence-electron chi connectivity index (χ3n) is 2.70. The summed E-state index contributed by atoms with van der Waals surface area (Å²) in [5, 5.41) is 11.6. The van der Waals surface area contributed by atoms with Crippen molar-refractivity contribution in [1.82, 2.24) is 0 Å². The van der Waals surface area contributed by atoms with Crippen LogP contribution in [-0.4, -0.2) is 11.0 Å². The first kappa shape index (κ1) is 13.2. The third kappa shape index (κ3) is 3.39. The van der Waals surface area contributed by atoms with E-state index in [4.69, 9.17) is 5.11 Å². The minimum Gasteiger partial charge on any atom is -0.392 e. The van der Waals surface area contributed by atoms with E-state index in [0.29, 0.717) is 11.3 Å². The topological polar surface area (TPSA) is 49.3 Å². The zero-order valence-corrected chi connectivity index (χ0v) is 10.5. The monoisotopic (exact) mass is 259 g/mol. The molecular weight excluding hydrogens is 245 g/mol. The van der Waals surface area contributed by atoms with Crippen LogP contribution >= 0.6 is 0 Å². The molecule has 0 fully saturated rings. The van der Waals surface area contributed by atoms with Gasteiger partial charge in [-0.25, -0.2) is 4.39 Å². The molecule has 0 atom stereocenters. The Kier molecular flexibility index (Phi) is 3.92. The molecule has 0 aliphatic rings. The molecule has 0 aliphatic heterocycles. The maximum atomic E-state index is 13.2. The van der Waals surface area contributed by atoms with Crippen molar-refractivity contribution in [3.8, 4) is 0 Å². The van der Waals surface area contributed by atoms with Crippen molar-refractivity contribution in [3.05, 3.63) is 65.0 Å². The molecule has 0 radical (unpaired) electrons. The van der Waals surface area contributed by atoms with Crippen molar-refractivity contribution in [2.24, 2.45) is 0 Å². The van der Waals surface area contributed by atoms with E-state index in [1.807, 2.05) is 0 Å². The lowest BCUT2D eigenvalue weighted by molar-refractivity contribution is 0.102. The minimum atomic E-state index is -0.430. The van der Waals surface area contributed by atoms with E-state index in [1.165, 1.54) is 12.1 Å². The lowest BCUT2D eigenvalue weighted by Crippen LogP contribution is -2.12. The Hall–Kier alpha value is -2.20. The van der Waals surface area contributed by atoms with E-state index >= 15 is 0 Å². The number of anilines is 1. The Balaban J connectivity index is 2.15. The van der Waals surface area contributed by atoms with E-state index in [1.54, 1.807) is 37.3 Å². The summed E-state index contributed by atoms with van der Waals surface area (Å²) >= 11 is 0. The highest BCUT2D eigenvalue weighted by Crippen LogP contribution is 2.13. The van der Waals surface area contributed by atoms with Gasteiger partial charge in [-0.2, -0.15) is 0 Å². The quantitative estimate of drug-likeness (QED) is 0.890. The normalized spacial score (nSPS) is 10.3. The standard InChI is InChI=1S/C15H14FNO2/c1-10-6-12(8-13(16)7-10)15(19)17-14-4-2-11(9-18)3-5-14/h2-8,18H,9H2,1H3,(H,17,19). The van der Waals surface area contributed by atoms with Gasteiger partial charge in [0, 0.05) is 11.3 Å². The van der Waals surface area contributed by atoms with Crippen LogP contribution in [0.25, 0.3) is 0 Å². The number of halogens is 1. The third-order valence-corrected chi connectivity index (χ3v) is 2.70. The van der Waals surface area contributed by atoms with Crippen LogP contribution in [0, 0.1) is 12.7 Å². The van der Waals surface area contributed by atoms with Gasteiger partial charge in [0.2, 0.25) is 0 Å². The first-order valence-electron chi connectivity index (χ1n) is 5.87. The first-order chi connectivity index (χ1) is 9.08. The second-order valence-electron chi connectivity index (χ2n) is 4.33. The first-order valence-corrected chi connectivity index (χ1v) is 5.87. The summed E-state index contributed by atoms with van der Waals surface area (Å²) in [6.45, 7) is 1.69. The van der Waals surface area contributed by atoms with Gasteiger partial charge in [0.25, 0.3) is 5.91 Å². The fraction of sp³-hybridized carbons (Fsp3) is 0.133. The van der Waals surface area contributed by atoms with Crippen molar-refractivity contribution in [3.63, 3.8) is 0 Å². The van der Waals surface area contributed by atoms with Crippen LogP contribution in [0.5, 0.6) is 0 Å². The molecule has 1 amide bonds. The van der Waals surface area contributed by atoms with Gasteiger partial charge in [-0.1, -0.05) is 12.1 Å². The van der Waals surface area contributed by atoms with Gasteiger partial charge in [0.15, 0.2) is 0 Å². The van der Waals surface area contributed by atoms with Crippen LogP contribution in [0.15, 0.2) is 42.5 Å².